The van der Waals surface area contributed by atoms with Crippen LogP contribution < -0.4 is 16.4 Å². The molecule has 5 nitrogen and oxygen atoms in total. The fourth-order valence-corrected chi connectivity index (χ4v) is 2.02. The number of nitrogens with two attached hydrogens (primary N) is 1. The van der Waals surface area contributed by atoms with Gasteiger partial charge in [-0.15, -0.1) is 12.4 Å². The van der Waals surface area contributed by atoms with E-state index in [2.05, 4.69) is 10.6 Å². The number of hydrogen-bond acceptors (Lipinski definition) is 3. The predicted molar refractivity (Wildman–Crippen MR) is 82.1 cm³/mol. The van der Waals surface area contributed by atoms with Crippen LogP contribution in [0.1, 0.15) is 25.3 Å². The van der Waals surface area contributed by atoms with Crippen LogP contribution in [0.4, 0.5) is 11.4 Å². The van der Waals surface area contributed by atoms with Crippen molar-refractivity contribution in [3.63, 3.8) is 0 Å². The maximum absolute atomic E-state index is 11.8. The van der Waals surface area contributed by atoms with Gasteiger partial charge in [-0.25, -0.2) is 0 Å². The Morgan fingerprint density at radius 3 is 2.90 bits per heavy atom. The number of anilines is 2. The van der Waals surface area contributed by atoms with E-state index in [0.717, 1.165) is 29.8 Å². The molecule has 0 bridgehead atoms. The minimum absolute atomic E-state index is 0. The summed E-state index contributed by atoms with van der Waals surface area (Å²) in [6, 6.07) is 5.55. The van der Waals surface area contributed by atoms with Crippen LogP contribution in [0.2, 0.25) is 0 Å². The normalized spacial score (nSPS) is 15.2. The second-order valence-electron chi connectivity index (χ2n) is 4.90. The Morgan fingerprint density at radius 2 is 2.20 bits per heavy atom. The van der Waals surface area contributed by atoms with Crippen LogP contribution in [0.25, 0.3) is 0 Å². The molecule has 20 heavy (non-hydrogen) atoms. The quantitative estimate of drug-likeness (QED) is 0.797. The zero-order valence-corrected chi connectivity index (χ0v) is 12.3. The van der Waals surface area contributed by atoms with Gasteiger partial charge in [-0.3, -0.25) is 9.59 Å². The molecule has 110 valence electrons. The maximum Gasteiger partial charge on any atom is 0.228 e. The van der Waals surface area contributed by atoms with Gasteiger partial charge in [-0.1, -0.05) is 6.92 Å². The summed E-state index contributed by atoms with van der Waals surface area (Å²) in [4.78, 5) is 23.2. The van der Waals surface area contributed by atoms with E-state index < -0.39 is 0 Å². The third kappa shape index (κ3) is 3.95. The van der Waals surface area contributed by atoms with Gasteiger partial charge in [-0.05, 0) is 36.6 Å². The molecule has 0 fully saturated rings. The first kappa shape index (κ1) is 16.5. The summed E-state index contributed by atoms with van der Waals surface area (Å²) in [6.07, 6.45) is 2.21. The molecule has 1 aliphatic heterocycles. The molecule has 0 saturated carbocycles. The van der Waals surface area contributed by atoms with Crippen molar-refractivity contribution >= 4 is 35.6 Å². The molecule has 0 saturated heterocycles. The van der Waals surface area contributed by atoms with E-state index in [1.807, 2.05) is 12.1 Å². The van der Waals surface area contributed by atoms with Crippen molar-refractivity contribution in [1.29, 1.82) is 0 Å². The van der Waals surface area contributed by atoms with Gasteiger partial charge < -0.3 is 16.4 Å². The van der Waals surface area contributed by atoms with Crippen molar-refractivity contribution in [2.45, 2.75) is 26.2 Å². The summed E-state index contributed by atoms with van der Waals surface area (Å²) in [5.74, 6) is -0.245. The number of rotatable bonds is 3. The van der Waals surface area contributed by atoms with Gasteiger partial charge >= 0.3 is 0 Å². The first-order valence-electron chi connectivity index (χ1n) is 6.54. The lowest BCUT2D eigenvalue weighted by Gasteiger charge is -2.12. The fourth-order valence-electron chi connectivity index (χ4n) is 2.02. The number of halogens is 1. The predicted octanol–water partition coefficient (Wildman–Crippen LogP) is 1.92. The molecule has 0 aliphatic carbocycles. The first-order valence-corrected chi connectivity index (χ1v) is 6.54. The van der Waals surface area contributed by atoms with Crippen LogP contribution >= 0.6 is 12.4 Å². The number of aryl methyl sites for hydroxylation is 1. The van der Waals surface area contributed by atoms with Crippen LogP contribution in [-0.2, 0) is 16.0 Å². The number of amides is 2. The number of nitrogens with one attached hydrogen (secondary N) is 2. The Morgan fingerprint density at radius 1 is 1.45 bits per heavy atom. The zero-order valence-electron chi connectivity index (χ0n) is 11.4. The molecule has 1 atom stereocenters. The average molecular weight is 298 g/mol. The number of fused-ring (bicyclic) bond motifs is 1. The highest BCUT2D eigenvalue weighted by Crippen LogP contribution is 2.25. The lowest BCUT2D eigenvalue weighted by molar-refractivity contribution is -0.119. The molecule has 1 heterocycles. The van der Waals surface area contributed by atoms with Gasteiger partial charge in [0.15, 0.2) is 0 Å². The summed E-state index contributed by atoms with van der Waals surface area (Å²) < 4.78 is 0. The van der Waals surface area contributed by atoms with Crippen LogP contribution in [0, 0.1) is 5.92 Å². The molecule has 1 unspecified atom stereocenters. The Hall–Kier alpha value is -1.59. The van der Waals surface area contributed by atoms with E-state index >= 15 is 0 Å². The summed E-state index contributed by atoms with van der Waals surface area (Å²) in [5.41, 5.74) is 8.11. The second kappa shape index (κ2) is 7.26. The summed E-state index contributed by atoms with van der Waals surface area (Å²) >= 11 is 0. The molecule has 6 heteroatoms. The van der Waals surface area contributed by atoms with E-state index in [1.54, 1.807) is 13.0 Å². The number of benzene rings is 1. The third-order valence-electron chi connectivity index (χ3n) is 3.30. The Balaban J connectivity index is 0.00000200. The van der Waals surface area contributed by atoms with E-state index in [9.17, 15) is 9.59 Å². The third-order valence-corrected chi connectivity index (χ3v) is 3.30. The van der Waals surface area contributed by atoms with Crippen LogP contribution in [0.5, 0.6) is 0 Å². The van der Waals surface area contributed by atoms with Crippen LogP contribution in [0.3, 0.4) is 0 Å². The molecule has 4 N–H and O–H groups in total. The average Bonchev–Trinajstić information content (AvgIpc) is 2.58. The van der Waals surface area contributed by atoms with Gasteiger partial charge in [-0.2, -0.15) is 0 Å². The number of hydrogen-bond donors (Lipinski definition) is 3. The zero-order chi connectivity index (χ0) is 13.8. The molecular formula is C14H20ClN3O2. The first-order chi connectivity index (χ1) is 9.10. The number of carbonyl (C=O) groups excluding carboxylic acids is 2. The molecule has 1 aromatic rings. The largest absolute Gasteiger partial charge is 0.330 e. The highest BCUT2D eigenvalue weighted by molar-refractivity contribution is 5.95. The van der Waals surface area contributed by atoms with Crippen molar-refractivity contribution in [2.24, 2.45) is 11.7 Å². The molecule has 1 aromatic carbocycles. The van der Waals surface area contributed by atoms with E-state index in [0.29, 0.717) is 13.0 Å². The standard InChI is InChI=1S/C14H19N3O2.ClH/c1-9(8-15)14(19)16-11-5-6-12-10(7-11)3-2-4-13(18)17-12;/h5-7,9H,2-4,8,15H2,1H3,(H,16,19)(H,17,18);1H. The van der Waals surface area contributed by atoms with Crippen LogP contribution in [0.15, 0.2) is 18.2 Å². The molecule has 0 radical (unpaired) electrons. The monoisotopic (exact) mass is 297 g/mol. The van der Waals surface area contributed by atoms with Crippen molar-refractivity contribution in [3.05, 3.63) is 23.8 Å². The lowest BCUT2D eigenvalue weighted by atomic mass is 10.1. The maximum atomic E-state index is 11.8. The van der Waals surface area contributed by atoms with Crippen molar-refractivity contribution < 1.29 is 9.59 Å². The Kier molecular flexibility index (Phi) is 5.98. The molecule has 2 amide bonds. The summed E-state index contributed by atoms with van der Waals surface area (Å²) in [7, 11) is 0. The second-order valence-corrected chi connectivity index (χ2v) is 4.90. The van der Waals surface area contributed by atoms with Crippen LogP contribution in [-0.4, -0.2) is 18.4 Å². The molecule has 0 aromatic heterocycles. The van der Waals surface area contributed by atoms with Gasteiger partial charge in [0.1, 0.15) is 0 Å². The minimum Gasteiger partial charge on any atom is -0.330 e. The molecular weight excluding hydrogens is 278 g/mol. The minimum atomic E-state index is -0.210. The topological polar surface area (TPSA) is 84.2 Å². The fraction of sp³-hybridized carbons (Fsp3) is 0.429. The van der Waals surface area contributed by atoms with Crippen molar-refractivity contribution in [1.82, 2.24) is 0 Å². The smallest absolute Gasteiger partial charge is 0.228 e. The molecule has 2 rings (SSSR count). The lowest BCUT2D eigenvalue weighted by Crippen LogP contribution is -2.26. The SMILES string of the molecule is CC(CN)C(=O)Nc1ccc2c(c1)CCCC(=O)N2.Cl. The van der Waals surface area contributed by atoms with Crippen molar-refractivity contribution in [3.8, 4) is 0 Å². The van der Waals surface area contributed by atoms with Gasteiger partial charge in [0, 0.05) is 30.3 Å². The number of carbonyl (C=O) groups is 2. The Labute approximate surface area is 124 Å². The molecule has 1 aliphatic rings. The van der Waals surface area contributed by atoms with E-state index in [4.69, 9.17) is 5.73 Å². The Bertz CT molecular complexity index is 505. The van der Waals surface area contributed by atoms with Crippen molar-refractivity contribution in [2.75, 3.05) is 17.2 Å². The van der Waals surface area contributed by atoms with E-state index in [1.165, 1.54) is 0 Å². The summed E-state index contributed by atoms with van der Waals surface area (Å²) in [6.45, 7) is 2.12. The summed E-state index contributed by atoms with van der Waals surface area (Å²) in [5, 5.41) is 5.71. The van der Waals surface area contributed by atoms with Gasteiger partial charge in [0.25, 0.3) is 0 Å². The molecule has 0 spiro atoms. The highest BCUT2D eigenvalue weighted by Gasteiger charge is 2.15. The highest BCUT2D eigenvalue weighted by atomic mass is 35.5. The van der Waals surface area contributed by atoms with E-state index in [-0.39, 0.29) is 30.1 Å². The van der Waals surface area contributed by atoms with Gasteiger partial charge in [0.2, 0.25) is 11.8 Å². The van der Waals surface area contributed by atoms with Gasteiger partial charge in [0.05, 0.1) is 0 Å².